The Balaban J connectivity index is 3.24. The average molecular weight is 254 g/mol. The Morgan fingerprint density at radius 1 is 1.18 bits per heavy atom. The molecule has 1 aromatic rings. The fourth-order valence-electron chi connectivity index (χ4n) is 1.35. The molecule has 0 saturated heterocycles. The number of ketones is 1. The molecule has 0 aliphatic carbocycles. The van der Waals surface area contributed by atoms with E-state index < -0.39 is 7.60 Å². The van der Waals surface area contributed by atoms with Gasteiger partial charge in [-0.25, -0.2) is 0 Å². The van der Waals surface area contributed by atoms with Gasteiger partial charge in [0.05, 0.1) is 0 Å². The van der Waals surface area contributed by atoms with E-state index in [1.165, 1.54) is 27.2 Å². The van der Waals surface area contributed by atoms with Crippen LogP contribution in [0, 0.1) is 0 Å². The van der Waals surface area contributed by atoms with Crippen LogP contribution in [0.5, 0.6) is 0 Å². The van der Waals surface area contributed by atoms with Crippen LogP contribution in [0.2, 0.25) is 0 Å². The molecule has 0 fully saturated rings. The lowest BCUT2D eigenvalue weighted by molar-refractivity contribution is -0.113. The van der Waals surface area contributed by atoms with Crippen molar-refractivity contribution in [2.75, 3.05) is 14.2 Å². The summed E-state index contributed by atoms with van der Waals surface area (Å²) >= 11 is 0. The molecule has 92 valence electrons. The third kappa shape index (κ3) is 3.37. The van der Waals surface area contributed by atoms with Gasteiger partial charge in [-0.15, -0.1) is 0 Å². The fraction of sp³-hybridized carbons (Fsp3) is 0.250. The number of hydrogen-bond acceptors (Lipinski definition) is 4. The van der Waals surface area contributed by atoms with E-state index in [-0.39, 0.29) is 11.1 Å². The minimum atomic E-state index is -3.50. The van der Waals surface area contributed by atoms with Gasteiger partial charge in [0.25, 0.3) is 0 Å². The molecule has 1 aromatic carbocycles. The molecule has 0 saturated carbocycles. The van der Waals surface area contributed by atoms with Gasteiger partial charge in [-0.05, 0) is 18.6 Å². The molecule has 0 heterocycles. The van der Waals surface area contributed by atoms with Crippen molar-refractivity contribution in [2.24, 2.45) is 0 Å². The van der Waals surface area contributed by atoms with E-state index in [1.807, 2.05) is 18.2 Å². The van der Waals surface area contributed by atoms with Gasteiger partial charge < -0.3 is 9.05 Å². The summed E-state index contributed by atoms with van der Waals surface area (Å²) in [4.78, 5) is 11.5. The second-order valence-electron chi connectivity index (χ2n) is 3.36. The number of rotatable bonds is 5. The average Bonchev–Trinajstić information content (AvgIpc) is 2.36. The van der Waals surface area contributed by atoms with Crippen LogP contribution in [0.25, 0.3) is 6.08 Å². The van der Waals surface area contributed by atoms with Crippen molar-refractivity contribution in [3.63, 3.8) is 0 Å². The van der Waals surface area contributed by atoms with Crippen LogP contribution in [0.4, 0.5) is 0 Å². The molecule has 17 heavy (non-hydrogen) atoms. The van der Waals surface area contributed by atoms with E-state index >= 15 is 0 Å². The maximum Gasteiger partial charge on any atom is 0.364 e. The third-order valence-electron chi connectivity index (χ3n) is 2.24. The molecule has 1 rings (SSSR count). The molecule has 0 bridgehead atoms. The van der Waals surface area contributed by atoms with Gasteiger partial charge in [0.15, 0.2) is 5.78 Å². The molecule has 0 spiro atoms. The highest BCUT2D eigenvalue weighted by Crippen LogP contribution is 2.55. The molecule has 5 heteroatoms. The van der Waals surface area contributed by atoms with Gasteiger partial charge in [-0.1, -0.05) is 30.3 Å². The van der Waals surface area contributed by atoms with Crippen LogP contribution in [-0.2, 0) is 18.4 Å². The molecule has 0 aromatic heterocycles. The van der Waals surface area contributed by atoms with Crippen molar-refractivity contribution in [2.45, 2.75) is 6.92 Å². The minimum Gasteiger partial charge on any atom is -0.308 e. The van der Waals surface area contributed by atoms with Crippen LogP contribution in [-0.4, -0.2) is 20.0 Å². The molecule has 0 atom stereocenters. The van der Waals surface area contributed by atoms with E-state index in [0.717, 1.165) is 5.56 Å². The SMILES string of the molecule is COP(=O)(OC)/C(=C/c1ccccc1)C(C)=O. The standard InChI is InChI=1S/C12H15O4P/c1-10(13)12(17(14,15-2)16-3)9-11-7-5-4-6-8-11/h4-9H,1-3H3/b12-9+. The Morgan fingerprint density at radius 2 is 1.71 bits per heavy atom. The Morgan fingerprint density at radius 3 is 2.12 bits per heavy atom. The number of allylic oxidation sites excluding steroid dienone is 1. The summed E-state index contributed by atoms with van der Waals surface area (Å²) in [7, 11) is -0.989. The van der Waals surface area contributed by atoms with E-state index in [2.05, 4.69) is 0 Å². The molecular formula is C12H15O4P. The minimum absolute atomic E-state index is 0.0497. The van der Waals surface area contributed by atoms with E-state index in [4.69, 9.17) is 9.05 Å². The molecule has 4 nitrogen and oxygen atoms in total. The summed E-state index contributed by atoms with van der Waals surface area (Å²) in [6.07, 6.45) is 1.52. The highest BCUT2D eigenvalue weighted by atomic mass is 31.2. The van der Waals surface area contributed by atoms with Gasteiger partial charge in [0, 0.05) is 14.2 Å². The number of benzene rings is 1. The van der Waals surface area contributed by atoms with Crippen molar-refractivity contribution in [3.05, 3.63) is 41.2 Å². The summed E-state index contributed by atoms with van der Waals surface area (Å²) < 4.78 is 21.8. The maximum absolute atomic E-state index is 12.2. The fourth-order valence-corrected chi connectivity index (χ4v) is 2.59. The van der Waals surface area contributed by atoms with E-state index in [1.54, 1.807) is 12.1 Å². The maximum atomic E-state index is 12.2. The van der Waals surface area contributed by atoms with Crippen LogP contribution in [0.15, 0.2) is 35.6 Å². The van der Waals surface area contributed by atoms with Crippen LogP contribution in [0.1, 0.15) is 12.5 Å². The van der Waals surface area contributed by atoms with Gasteiger partial charge >= 0.3 is 7.60 Å². The molecule has 0 aliphatic rings. The van der Waals surface area contributed by atoms with Crippen molar-refractivity contribution < 1.29 is 18.4 Å². The van der Waals surface area contributed by atoms with Crippen molar-refractivity contribution in [3.8, 4) is 0 Å². The predicted molar refractivity (Wildman–Crippen MR) is 66.7 cm³/mol. The van der Waals surface area contributed by atoms with Crippen molar-refractivity contribution in [1.29, 1.82) is 0 Å². The van der Waals surface area contributed by atoms with E-state index in [9.17, 15) is 9.36 Å². The van der Waals surface area contributed by atoms with Crippen LogP contribution in [0.3, 0.4) is 0 Å². The topological polar surface area (TPSA) is 52.6 Å². The highest BCUT2D eigenvalue weighted by molar-refractivity contribution is 7.60. The largest absolute Gasteiger partial charge is 0.364 e. The Labute approximate surface area is 101 Å². The van der Waals surface area contributed by atoms with Gasteiger partial charge in [0.1, 0.15) is 5.31 Å². The predicted octanol–water partition coefficient (Wildman–Crippen LogP) is 3.10. The van der Waals surface area contributed by atoms with Crippen molar-refractivity contribution in [1.82, 2.24) is 0 Å². The quantitative estimate of drug-likeness (QED) is 0.598. The highest BCUT2D eigenvalue weighted by Gasteiger charge is 2.30. The molecule has 0 amide bonds. The second-order valence-corrected chi connectivity index (χ2v) is 5.57. The molecular weight excluding hydrogens is 239 g/mol. The Kier molecular flexibility index (Phi) is 4.82. The summed E-state index contributed by atoms with van der Waals surface area (Å²) in [5.74, 6) is -0.333. The lowest BCUT2D eigenvalue weighted by atomic mass is 10.2. The molecule has 0 N–H and O–H groups in total. The first kappa shape index (κ1) is 13.8. The Bertz CT molecular complexity index is 457. The molecule has 0 aliphatic heterocycles. The first-order valence-electron chi connectivity index (χ1n) is 5.03. The lowest BCUT2D eigenvalue weighted by Gasteiger charge is -2.15. The van der Waals surface area contributed by atoms with Crippen LogP contribution >= 0.6 is 7.60 Å². The number of carbonyl (C=O) groups excluding carboxylic acids is 1. The van der Waals surface area contributed by atoms with Crippen molar-refractivity contribution >= 4 is 19.5 Å². The zero-order valence-corrected chi connectivity index (χ0v) is 10.9. The summed E-state index contributed by atoms with van der Waals surface area (Å²) in [6, 6.07) is 9.12. The van der Waals surface area contributed by atoms with Gasteiger partial charge in [-0.2, -0.15) is 0 Å². The van der Waals surface area contributed by atoms with E-state index in [0.29, 0.717) is 0 Å². The zero-order valence-electron chi connectivity index (χ0n) is 10.0. The molecule has 0 unspecified atom stereocenters. The summed E-state index contributed by atoms with van der Waals surface area (Å²) in [5.41, 5.74) is 0.770. The second kappa shape index (κ2) is 5.92. The van der Waals surface area contributed by atoms with Crippen LogP contribution < -0.4 is 0 Å². The number of carbonyl (C=O) groups is 1. The lowest BCUT2D eigenvalue weighted by Crippen LogP contribution is -2.01. The summed E-state index contributed by atoms with van der Waals surface area (Å²) in [5, 5.41) is 0.0497. The van der Waals surface area contributed by atoms with Gasteiger partial charge in [0.2, 0.25) is 0 Å². The summed E-state index contributed by atoms with van der Waals surface area (Å²) in [6.45, 7) is 1.33. The smallest absolute Gasteiger partial charge is 0.308 e. The number of hydrogen-bond donors (Lipinski definition) is 0. The Hall–Kier alpha value is -1.22. The first-order valence-corrected chi connectivity index (χ1v) is 6.57. The monoisotopic (exact) mass is 254 g/mol. The first-order chi connectivity index (χ1) is 8.03. The normalized spacial score (nSPS) is 12.5. The zero-order chi connectivity index (χ0) is 12.9. The van der Waals surface area contributed by atoms with Gasteiger partial charge in [-0.3, -0.25) is 9.36 Å². The number of Topliss-reactive ketones (excluding diaryl/α,β-unsaturated/α-hetero) is 1. The molecule has 0 radical (unpaired) electrons. The third-order valence-corrected chi connectivity index (χ3v) is 4.23.